The lowest BCUT2D eigenvalue weighted by Crippen LogP contribution is -2.50. The second-order valence-electron chi connectivity index (χ2n) is 13.0. The molecular weight excluding hydrogens is 542 g/mol. The standard InChI is InChI=1S/C35H47N3O5/c1-24-16-27-18-28(17-24)20-35(2,19-27)37-15-14-25-8-10-26(11-9-25)23-43-31-7-5-6-29(21-39)33(31)34(42)38(4)30(22-40)12-13-32(41)36-3/h5-11,21-22,24,27-28,30,37H,12-20,23H2,1-4H3,(H,36,41). The van der Waals surface area contributed by atoms with Crippen LogP contribution in [-0.4, -0.2) is 61.5 Å². The number of benzene rings is 2. The van der Waals surface area contributed by atoms with Gasteiger partial charge in [-0.05, 0) is 93.4 Å². The minimum absolute atomic E-state index is 0.0991. The zero-order chi connectivity index (χ0) is 31.0. The molecule has 2 saturated carbocycles. The largest absolute Gasteiger partial charge is 0.488 e. The number of likely N-dealkylation sites (N-methyl/N-ethyl adjacent to an activating group) is 1. The maximum Gasteiger partial charge on any atom is 0.258 e. The third kappa shape index (κ3) is 8.53. The summed E-state index contributed by atoms with van der Waals surface area (Å²) in [6, 6.07) is 12.3. The van der Waals surface area contributed by atoms with Crippen molar-refractivity contribution in [3.63, 3.8) is 0 Å². The van der Waals surface area contributed by atoms with E-state index in [4.69, 9.17) is 4.74 Å². The molecule has 2 aliphatic carbocycles. The molecule has 2 aliphatic rings. The lowest BCUT2D eigenvalue weighted by atomic mass is 9.62. The summed E-state index contributed by atoms with van der Waals surface area (Å²) in [7, 11) is 3.01. The van der Waals surface area contributed by atoms with Crippen molar-refractivity contribution in [1.29, 1.82) is 0 Å². The van der Waals surface area contributed by atoms with Crippen molar-refractivity contribution < 1.29 is 23.9 Å². The van der Waals surface area contributed by atoms with Crippen molar-refractivity contribution in [2.45, 2.75) is 83.4 Å². The number of hydrogen-bond donors (Lipinski definition) is 2. The molecular formula is C35H47N3O5. The first kappa shape index (κ1) is 32.4. The average Bonchev–Trinajstić information content (AvgIpc) is 2.99. The Morgan fingerprint density at radius 1 is 1.05 bits per heavy atom. The minimum Gasteiger partial charge on any atom is -0.488 e. The number of amides is 2. The Balaban J connectivity index is 1.34. The number of nitrogens with zero attached hydrogens (tertiary/aromatic N) is 1. The van der Waals surface area contributed by atoms with Crippen LogP contribution in [0.5, 0.6) is 5.75 Å². The van der Waals surface area contributed by atoms with Crippen LogP contribution in [0.2, 0.25) is 0 Å². The number of carbonyl (C=O) groups is 4. The van der Waals surface area contributed by atoms with Crippen LogP contribution in [0.4, 0.5) is 0 Å². The Hall–Kier alpha value is -3.52. The van der Waals surface area contributed by atoms with Gasteiger partial charge in [0.05, 0.1) is 11.6 Å². The molecule has 8 heteroatoms. The van der Waals surface area contributed by atoms with Crippen LogP contribution in [0.15, 0.2) is 42.5 Å². The van der Waals surface area contributed by atoms with Crippen LogP contribution in [0.1, 0.15) is 90.6 Å². The molecule has 8 nitrogen and oxygen atoms in total. The summed E-state index contributed by atoms with van der Waals surface area (Å²) in [4.78, 5) is 49.9. The first-order valence-corrected chi connectivity index (χ1v) is 15.6. The number of fused-ring (bicyclic) bond motifs is 2. The van der Waals surface area contributed by atoms with Crippen molar-refractivity contribution >= 4 is 24.4 Å². The molecule has 0 spiro atoms. The molecule has 232 valence electrons. The van der Waals surface area contributed by atoms with E-state index in [-0.39, 0.29) is 47.8 Å². The Labute approximate surface area is 255 Å². The van der Waals surface area contributed by atoms with Crippen LogP contribution in [-0.2, 0) is 22.6 Å². The normalized spacial score (nSPS) is 23.6. The molecule has 43 heavy (non-hydrogen) atoms. The Bertz CT molecular complexity index is 1260. The summed E-state index contributed by atoms with van der Waals surface area (Å²) in [5, 5.41) is 6.40. The highest BCUT2D eigenvalue weighted by Gasteiger charge is 2.40. The van der Waals surface area contributed by atoms with Crippen molar-refractivity contribution in [3.8, 4) is 5.75 Å². The summed E-state index contributed by atoms with van der Waals surface area (Å²) >= 11 is 0. The SMILES string of the molecule is CNC(=O)CCC(C=O)N(C)C(=O)c1c(C=O)cccc1OCc1ccc(CCNC2(C)CC3CC(C)CC(C3)C2)cc1. The summed E-state index contributed by atoms with van der Waals surface area (Å²) in [5.74, 6) is 2.14. The molecule has 2 aromatic carbocycles. The molecule has 0 aromatic heterocycles. The Morgan fingerprint density at radius 2 is 1.72 bits per heavy atom. The van der Waals surface area contributed by atoms with E-state index in [2.05, 4.69) is 36.6 Å². The van der Waals surface area contributed by atoms with Gasteiger partial charge in [-0.25, -0.2) is 0 Å². The van der Waals surface area contributed by atoms with Crippen molar-refractivity contribution in [2.24, 2.45) is 17.8 Å². The highest BCUT2D eigenvalue weighted by molar-refractivity contribution is 6.04. The quantitative estimate of drug-likeness (QED) is 0.301. The third-order valence-corrected chi connectivity index (χ3v) is 9.32. The molecule has 2 amide bonds. The summed E-state index contributed by atoms with van der Waals surface area (Å²) < 4.78 is 6.05. The predicted octanol–water partition coefficient (Wildman–Crippen LogP) is 4.98. The second kappa shape index (κ2) is 14.8. The smallest absolute Gasteiger partial charge is 0.258 e. The zero-order valence-electron chi connectivity index (χ0n) is 26.1. The number of carbonyl (C=O) groups excluding carboxylic acids is 4. The monoisotopic (exact) mass is 589 g/mol. The van der Waals surface area contributed by atoms with Crippen LogP contribution in [0.3, 0.4) is 0 Å². The molecule has 2 N–H and O–H groups in total. The van der Waals surface area contributed by atoms with Crippen molar-refractivity contribution in [3.05, 3.63) is 64.7 Å². The zero-order valence-corrected chi connectivity index (χ0v) is 26.1. The highest BCUT2D eigenvalue weighted by atomic mass is 16.5. The van der Waals surface area contributed by atoms with Crippen LogP contribution >= 0.6 is 0 Å². The lowest BCUT2D eigenvalue weighted by Gasteiger charge is -2.47. The summed E-state index contributed by atoms with van der Waals surface area (Å²) in [6.07, 6.45) is 9.20. The van der Waals surface area contributed by atoms with Gasteiger partial charge in [0.1, 0.15) is 18.6 Å². The number of nitrogens with one attached hydrogen (secondary N) is 2. The third-order valence-electron chi connectivity index (χ3n) is 9.32. The lowest BCUT2D eigenvalue weighted by molar-refractivity contribution is -0.121. The van der Waals surface area contributed by atoms with E-state index in [0.717, 1.165) is 36.3 Å². The molecule has 4 rings (SSSR count). The molecule has 0 aliphatic heterocycles. The first-order valence-electron chi connectivity index (χ1n) is 15.6. The molecule has 2 bridgehead atoms. The predicted molar refractivity (Wildman–Crippen MR) is 167 cm³/mol. The van der Waals surface area contributed by atoms with Gasteiger partial charge in [-0.2, -0.15) is 0 Å². The van der Waals surface area contributed by atoms with E-state index in [1.807, 2.05) is 12.1 Å². The van der Waals surface area contributed by atoms with Gasteiger partial charge in [0.2, 0.25) is 5.91 Å². The second-order valence-corrected chi connectivity index (χ2v) is 13.0. The Kier molecular flexibility index (Phi) is 11.1. The number of ether oxygens (including phenoxy) is 1. The Morgan fingerprint density at radius 3 is 2.35 bits per heavy atom. The number of hydrogen-bond acceptors (Lipinski definition) is 6. The van der Waals surface area contributed by atoms with E-state index < -0.39 is 11.9 Å². The molecule has 3 unspecified atom stereocenters. The summed E-state index contributed by atoms with van der Waals surface area (Å²) in [6.45, 7) is 5.98. The number of rotatable bonds is 14. The van der Waals surface area contributed by atoms with Crippen LogP contribution in [0, 0.1) is 17.8 Å². The van der Waals surface area contributed by atoms with Gasteiger partial charge in [-0.3, -0.25) is 14.4 Å². The molecule has 0 saturated heterocycles. The van der Waals surface area contributed by atoms with E-state index in [0.29, 0.717) is 12.6 Å². The van der Waals surface area contributed by atoms with Gasteiger partial charge < -0.3 is 25.1 Å². The van der Waals surface area contributed by atoms with Gasteiger partial charge in [-0.15, -0.1) is 0 Å². The number of aldehydes is 2. The molecule has 0 radical (unpaired) electrons. The van der Waals surface area contributed by atoms with Gasteiger partial charge in [0.15, 0.2) is 6.29 Å². The van der Waals surface area contributed by atoms with Gasteiger partial charge in [0.25, 0.3) is 5.91 Å². The average molecular weight is 590 g/mol. The molecule has 0 heterocycles. The maximum absolute atomic E-state index is 13.4. The van der Waals surface area contributed by atoms with E-state index in [1.54, 1.807) is 18.2 Å². The van der Waals surface area contributed by atoms with Crippen molar-refractivity contribution in [2.75, 3.05) is 20.6 Å². The van der Waals surface area contributed by atoms with E-state index in [9.17, 15) is 19.2 Å². The fourth-order valence-electron chi connectivity index (χ4n) is 7.28. The molecule has 2 fully saturated rings. The highest BCUT2D eigenvalue weighted by Crippen LogP contribution is 2.46. The van der Waals surface area contributed by atoms with Crippen molar-refractivity contribution in [1.82, 2.24) is 15.5 Å². The first-order chi connectivity index (χ1) is 20.6. The van der Waals surface area contributed by atoms with Crippen LogP contribution in [0.25, 0.3) is 0 Å². The maximum atomic E-state index is 13.4. The summed E-state index contributed by atoms with van der Waals surface area (Å²) in [5.41, 5.74) is 2.71. The van der Waals surface area contributed by atoms with E-state index >= 15 is 0 Å². The van der Waals surface area contributed by atoms with Gasteiger partial charge in [0, 0.05) is 31.6 Å². The van der Waals surface area contributed by atoms with Gasteiger partial charge >= 0.3 is 0 Å². The van der Waals surface area contributed by atoms with E-state index in [1.165, 1.54) is 56.7 Å². The fraction of sp³-hybridized carbons (Fsp3) is 0.543. The molecule has 2 aromatic rings. The minimum atomic E-state index is -0.816. The fourth-order valence-corrected chi connectivity index (χ4v) is 7.28. The van der Waals surface area contributed by atoms with Crippen LogP contribution < -0.4 is 15.4 Å². The van der Waals surface area contributed by atoms with Gasteiger partial charge in [-0.1, -0.05) is 43.3 Å². The molecule has 3 atom stereocenters. The topological polar surface area (TPSA) is 105 Å².